The van der Waals surface area contributed by atoms with Crippen LogP contribution >= 0.6 is 0 Å². The molecule has 1 aliphatic heterocycles. The number of benzene rings is 2. The summed E-state index contributed by atoms with van der Waals surface area (Å²) in [5.41, 5.74) is 1.84. The van der Waals surface area contributed by atoms with E-state index in [4.69, 9.17) is 4.74 Å². The van der Waals surface area contributed by atoms with Gasteiger partial charge in [-0.15, -0.1) is 0 Å². The molecule has 1 heterocycles. The second-order valence-electron chi connectivity index (χ2n) is 5.52. The van der Waals surface area contributed by atoms with Crippen LogP contribution in [0.5, 0.6) is 0 Å². The summed E-state index contributed by atoms with van der Waals surface area (Å²) in [6.07, 6.45) is 0.472. The van der Waals surface area contributed by atoms with E-state index in [1.807, 2.05) is 36.4 Å². The average Bonchev–Trinajstić information content (AvgIpc) is 2.46. The zero-order chi connectivity index (χ0) is 15.4. The lowest BCUT2D eigenvalue weighted by Crippen LogP contribution is -2.55. The lowest BCUT2D eigenvalue weighted by Gasteiger charge is -2.39. The van der Waals surface area contributed by atoms with Crippen molar-refractivity contribution in [3.05, 3.63) is 71.5 Å². The van der Waals surface area contributed by atoms with Gasteiger partial charge in [0.1, 0.15) is 5.82 Å². The molecule has 0 saturated carbocycles. The molecule has 1 amide bonds. The molecule has 4 heteroatoms. The Bertz CT molecular complexity index is 639. The van der Waals surface area contributed by atoms with Gasteiger partial charge < -0.3 is 9.64 Å². The zero-order valence-corrected chi connectivity index (χ0v) is 12.2. The molecule has 1 saturated heterocycles. The van der Waals surface area contributed by atoms with E-state index >= 15 is 0 Å². The van der Waals surface area contributed by atoms with Crippen LogP contribution in [0.4, 0.5) is 4.39 Å². The number of carbonyl (C=O) groups is 1. The molecule has 0 radical (unpaired) electrons. The van der Waals surface area contributed by atoms with Crippen molar-refractivity contribution in [3.8, 4) is 0 Å². The highest BCUT2D eigenvalue weighted by atomic mass is 19.1. The van der Waals surface area contributed by atoms with Crippen molar-refractivity contribution in [2.24, 2.45) is 0 Å². The van der Waals surface area contributed by atoms with Crippen molar-refractivity contribution >= 4 is 5.91 Å². The standard InChI is InChI=1S/C18H18FNO2/c19-16-8-4-7-15(9-16)13-22-17-11-20(12-17)18(21)10-14-5-2-1-3-6-14/h1-9,17H,10-13H2. The molecular formula is C18H18FNO2. The predicted molar refractivity (Wildman–Crippen MR) is 81.7 cm³/mol. The Morgan fingerprint density at radius 2 is 1.82 bits per heavy atom. The first-order valence-electron chi connectivity index (χ1n) is 7.38. The van der Waals surface area contributed by atoms with Crippen molar-refractivity contribution in [2.45, 2.75) is 19.1 Å². The Kier molecular flexibility index (Phi) is 4.49. The number of carbonyl (C=O) groups excluding carboxylic acids is 1. The fraction of sp³-hybridized carbons (Fsp3) is 0.278. The minimum absolute atomic E-state index is 0.0444. The third-order valence-corrected chi connectivity index (χ3v) is 3.77. The van der Waals surface area contributed by atoms with Crippen LogP contribution in [0.25, 0.3) is 0 Å². The van der Waals surface area contributed by atoms with Crippen LogP contribution in [0.1, 0.15) is 11.1 Å². The van der Waals surface area contributed by atoms with Gasteiger partial charge >= 0.3 is 0 Å². The molecule has 1 aliphatic rings. The van der Waals surface area contributed by atoms with Gasteiger partial charge in [-0.25, -0.2) is 4.39 Å². The highest BCUT2D eigenvalue weighted by molar-refractivity contribution is 5.79. The van der Waals surface area contributed by atoms with Crippen LogP contribution in [0.3, 0.4) is 0 Å². The monoisotopic (exact) mass is 299 g/mol. The average molecular weight is 299 g/mol. The maximum atomic E-state index is 13.1. The van der Waals surface area contributed by atoms with Crippen LogP contribution < -0.4 is 0 Å². The molecule has 0 unspecified atom stereocenters. The van der Waals surface area contributed by atoms with Crippen LogP contribution in [0, 0.1) is 5.82 Å². The second-order valence-corrected chi connectivity index (χ2v) is 5.52. The smallest absolute Gasteiger partial charge is 0.227 e. The number of hydrogen-bond donors (Lipinski definition) is 0. The number of halogens is 1. The number of nitrogens with zero attached hydrogens (tertiary/aromatic N) is 1. The van der Waals surface area contributed by atoms with Gasteiger partial charge in [-0.2, -0.15) is 0 Å². The molecular weight excluding hydrogens is 281 g/mol. The lowest BCUT2D eigenvalue weighted by atomic mass is 10.1. The van der Waals surface area contributed by atoms with Gasteiger partial charge in [-0.3, -0.25) is 4.79 Å². The second kappa shape index (κ2) is 6.71. The van der Waals surface area contributed by atoms with Gasteiger partial charge in [-0.05, 0) is 23.3 Å². The molecule has 3 rings (SSSR count). The summed E-state index contributed by atoms with van der Waals surface area (Å²) >= 11 is 0. The minimum atomic E-state index is -0.255. The molecule has 0 atom stereocenters. The van der Waals surface area contributed by atoms with Gasteiger partial charge in [0.05, 0.1) is 19.1 Å². The molecule has 0 aliphatic carbocycles. The fourth-order valence-electron chi connectivity index (χ4n) is 2.47. The summed E-state index contributed by atoms with van der Waals surface area (Å²) < 4.78 is 18.7. The van der Waals surface area contributed by atoms with Crippen molar-refractivity contribution in [1.29, 1.82) is 0 Å². The molecule has 0 aromatic heterocycles. The van der Waals surface area contributed by atoms with E-state index in [0.717, 1.165) is 11.1 Å². The number of rotatable bonds is 5. The van der Waals surface area contributed by atoms with E-state index in [1.165, 1.54) is 12.1 Å². The number of hydrogen-bond acceptors (Lipinski definition) is 2. The molecule has 3 nitrogen and oxygen atoms in total. The Hall–Kier alpha value is -2.20. The van der Waals surface area contributed by atoms with E-state index in [-0.39, 0.29) is 17.8 Å². The highest BCUT2D eigenvalue weighted by Gasteiger charge is 2.31. The summed E-state index contributed by atoms with van der Waals surface area (Å²) in [5.74, 6) is -0.133. The van der Waals surface area contributed by atoms with Crippen LogP contribution in [-0.2, 0) is 22.6 Å². The molecule has 0 spiro atoms. The van der Waals surface area contributed by atoms with E-state index < -0.39 is 0 Å². The Balaban J connectivity index is 1.41. The number of likely N-dealkylation sites (tertiary alicyclic amines) is 1. The maximum Gasteiger partial charge on any atom is 0.227 e. The molecule has 2 aromatic rings. The van der Waals surface area contributed by atoms with Crippen LogP contribution in [0.2, 0.25) is 0 Å². The van der Waals surface area contributed by atoms with Gasteiger partial charge in [-0.1, -0.05) is 42.5 Å². The molecule has 1 fully saturated rings. The third-order valence-electron chi connectivity index (χ3n) is 3.77. The van der Waals surface area contributed by atoms with E-state index in [2.05, 4.69) is 0 Å². The van der Waals surface area contributed by atoms with Gasteiger partial charge in [0.25, 0.3) is 0 Å². The Morgan fingerprint density at radius 1 is 1.09 bits per heavy atom. The van der Waals surface area contributed by atoms with Gasteiger partial charge in [0.15, 0.2) is 0 Å². The summed E-state index contributed by atoms with van der Waals surface area (Å²) in [5, 5.41) is 0. The van der Waals surface area contributed by atoms with Crippen molar-refractivity contribution in [2.75, 3.05) is 13.1 Å². The van der Waals surface area contributed by atoms with Crippen molar-refractivity contribution < 1.29 is 13.9 Å². The predicted octanol–water partition coefficient (Wildman–Crippen LogP) is 2.80. The largest absolute Gasteiger partial charge is 0.370 e. The van der Waals surface area contributed by atoms with E-state index in [0.29, 0.717) is 26.1 Å². The van der Waals surface area contributed by atoms with Crippen molar-refractivity contribution in [1.82, 2.24) is 4.90 Å². The summed E-state index contributed by atoms with van der Waals surface area (Å²) in [6, 6.07) is 16.1. The third kappa shape index (κ3) is 3.71. The first kappa shape index (κ1) is 14.7. The topological polar surface area (TPSA) is 29.5 Å². The van der Waals surface area contributed by atoms with Gasteiger partial charge in [0.2, 0.25) is 5.91 Å². The number of ether oxygens (including phenoxy) is 1. The lowest BCUT2D eigenvalue weighted by molar-refractivity contribution is -0.145. The fourth-order valence-corrected chi connectivity index (χ4v) is 2.47. The molecule has 114 valence electrons. The molecule has 0 bridgehead atoms. The zero-order valence-electron chi connectivity index (χ0n) is 12.2. The SMILES string of the molecule is O=C(Cc1ccccc1)N1CC(OCc2cccc(F)c2)C1. The maximum absolute atomic E-state index is 13.1. The quantitative estimate of drug-likeness (QED) is 0.849. The molecule has 0 N–H and O–H groups in total. The summed E-state index contributed by atoms with van der Waals surface area (Å²) in [4.78, 5) is 13.9. The normalized spacial score (nSPS) is 14.7. The number of amides is 1. The summed E-state index contributed by atoms with van der Waals surface area (Å²) in [7, 11) is 0. The van der Waals surface area contributed by atoms with Crippen LogP contribution in [-0.4, -0.2) is 30.0 Å². The Labute approximate surface area is 129 Å². The first-order chi connectivity index (χ1) is 10.7. The molecule has 22 heavy (non-hydrogen) atoms. The van der Waals surface area contributed by atoms with Crippen LogP contribution in [0.15, 0.2) is 54.6 Å². The molecule has 2 aromatic carbocycles. The first-order valence-corrected chi connectivity index (χ1v) is 7.38. The Morgan fingerprint density at radius 3 is 2.55 bits per heavy atom. The van der Waals surface area contributed by atoms with E-state index in [9.17, 15) is 9.18 Å². The van der Waals surface area contributed by atoms with E-state index in [1.54, 1.807) is 11.0 Å². The minimum Gasteiger partial charge on any atom is -0.370 e. The summed E-state index contributed by atoms with van der Waals surface area (Å²) in [6.45, 7) is 1.60. The highest BCUT2D eigenvalue weighted by Crippen LogP contribution is 2.16. The van der Waals surface area contributed by atoms with Gasteiger partial charge in [0, 0.05) is 13.1 Å². The van der Waals surface area contributed by atoms with Crippen molar-refractivity contribution in [3.63, 3.8) is 0 Å².